The zero-order chi connectivity index (χ0) is 13.1. The third-order valence-corrected chi connectivity index (χ3v) is 2.89. The Labute approximate surface area is 106 Å². The topological polar surface area (TPSA) is 68.0 Å². The molecule has 2 aromatic rings. The van der Waals surface area contributed by atoms with Gasteiger partial charge in [-0.25, -0.2) is 0 Å². The fourth-order valence-corrected chi connectivity index (χ4v) is 1.76. The fraction of sp³-hybridized carbons (Fsp3) is 0.286. The Balaban J connectivity index is 2.39. The molecule has 1 aromatic carbocycles. The summed E-state index contributed by atoms with van der Waals surface area (Å²) in [6.07, 6.45) is 0.614. The molecule has 0 bridgehead atoms. The predicted octanol–water partition coefficient (Wildman–Crippen LogP) is 2.22. The highest BCUT2D eigenvalue weighted by Crippen LogP contribution is 2.21. The molecular weight excluding hydrogens is 226 g/mol. The number of para-hydroxylation sites is 1. The average Bonchev–Trinajstić information content (AvgIpc) is 2.38. The smallest absolute Gasteiger partial charge is 0.241 e. The van der Waals surface area contributed by atoms with Crippen molar-refractivity contribution in [1.82, 2.24) is 4.98 Å². The fourth-order valence-electron chi connectivity index (χ4n) is 1.76. The molecule has 0 aliphatic carbocycles. The molecule has 0 unspecified atom stereocenters. The standard InChI is InChI=1S/C14H17N3O/c1-3-11(15)14(18)17-12-6-4-5-10-8-7-9(2)16-13(10)12/h4-8,11H,3,15H2,1-2H3,(H,17,18)/t11-/m1/s1. The van der Waals surface area contributed by atoms with Crippen molar-refractivity contribution in [2.24, 2.45) is 5.73 Å². The van der Waals surface area contributed by atoms with E-state index < -0.39 is 6.04 Å². The van der Waals surface area contributed by atoms with Crippen molar-refractivity contribution in [3.05, 3.63) is 36.0 Å². The van der Waals surface area contributed by atoms with Crippen molar-refractivity contribution in [1.29, 1.82) is 0 Å². The van der Waals surface area contributed by atoms with Crippen LogP contribution in [0.3, 0.4) is 0 Å². The summed E-state index contributed by atoms with van der Waals surface area (Å²) in [5, 5.41) is 3.84. The SMILES string of the molecule is CC[C@@H](N)C(=O)Nc1cccc2ccc(C)nc12. The van der Waals surface area contributed by atoms with Crippen molar-refractivity contribution in [2.75, 3.05) is 5.32 Å². The molecule has 1 heterocycles. The summed E-state index contributed by atoms with van der Waals surface area (Å²) in [4.78, 5) is 16.3. The molecule has 2 rings (SSSR count). The van der Waals surface area contributed by atoms with E-state index in [0.29, 0.717) is 12.1 Å². The lowest BCUT2D eigenvalue weighted by molar-refractivity contribution is -0.117. The molecule has 1 amide bonds. The molecule has 0 radical (unpaired) electrons. The predicted molar refractivity (Wildman–Crippen MR) is 73.4 cm³/mol. The van der Waals surface area contributed by atoms with Crippen LogP contribution in [0.25, 0.3) is 10.9 Å². The van der Waals surface area contributed by atoms with E-state index in [1.165, 1.54) is 0 Å². The first-order valence-electron chi connectivity index (χ1n) is 6.04. The maximum absolute atomic E-state index is 11.8. The Morgan fingerprint density at radius 1 is 1.39 bits per heavy atom. The van der Waals surface area contributed by atoms with Crippen LogP contribution >= 0.6 is 0 Å². The van der Waals surface area contributed by atoms with Crippen molar-refractivity contribution >= 4 is 22.5 Å². The summed E-state index contributed by atoms with van der Waals surface area (Å²) in [5.41, 5.74) is 8.14. The Bertz CT molecular complexity index is 580. The van der Waals surface area contributed by atoms with Crippen LogP contribution in [0.2, 0.25) is 0 Å². The Morgan fingerprint density at radius 3 is 2.89 bits per heavy atom. The van der Waals surface area contributed by atoms with Gasteiger partial charge in [0.2, 0.25) is 5.91 Å². The summed E-state index contributed by atoms with van der Waals surface area (Å²) >= 11 is 0. The Hall–Kier alpha value is -1.94. The highest BCUT2D eigenvalue weighted by molar-refractivity contribution is 6.02. The van der Waals surface area contributed by atoms with Crippen LogP contribution in [0.1, 0.15) is 19.0 Å². The van der Waals surface area contributed by atoms with Gasteiger partial charge in [-0.3, -0.25) is 9.78 Å². The number of pyridine rings is 1. The van der Waals surface area contributed by atoms with Crippen molar-refractivity contribution in [3.8, 4) is 0 Å². The van der Waals surface area contributed by atoms with Gasteiger partial charge >= 0.3 is 0 Å². The molecule has 1 atom stereocenters. The Morgan fingerprint density at radius 2 is 2.17 bits per heavy atom. The zero-order valence-corrected chi connectivity index (χ0v) is 10.6. The number of fused-ring (bicyclic) bond motifs is 1. The minimum Gasteiger partial charge on any atom is -0.323 e. The minimum absolute atomic E-state index is 0.173. The lowest BCUT2D eigenvalue weighted by Crippen LogP contribution is -2.34. The molecule has 4 nitrogen and oxygen atoms in total. The van der Waals surface area contributed by atoms with Gasteiger partial charge < -0.3 is 11.1 Å². The molecule has 3 N–H and O–H groups in total. The maximum Gasteiger partial charge on any atom is 0.241 e. The van der Waals surface area contributed by atoms with E-state index in [-0.39, 0.29) is 5.91 Å². The summed E-state index contributed by atoms with van der Waals surface area (Å²) in [6, 6.07) is 9.17. The van der Waals surface area contributed by atoms with Gasteiger partial charge in [0.15, 0.2) is 0 Å². The van der Waals surface area contributed by atoms with E-state index in [1.807, 2.05) is 44.2 Å². The summed E-state index contributed by atoms with van der Waals surface area (Å²) in [7, 11) is 0. The van der Waals surface area contributed by atoms with Gasteiger partial charge in [-0.1, -0.05) is 25.1 Å². The zero-order valence-electron chi connectivity index (χ0n) is 10.6. The molecule has 94 valence electrons. The highest BCUT2D eigenvalue weighted by atomic mass is 16.2. The number of nitrogens with one attached hydrogen (secondary N) is 1. The number of hydrogen-bond donors (Lipinski definition) is 2. The van der Waals surface area contributed by atoms with Gasteiger partial charge in [-0.15, -0.1) is 0 Å². The van der Waals surface area contributed by atoms with E-state index in [4.69, 9.17) is 5.73 Å². The number of anilines is 1. The van der Waals surface area contributed by atoms with Crippen LogP contribution in [0.15, 0.2) is 30.3 Å². The number of benzene rings is 1. The van der Waals surface area contributed by atoms with Gasteiger partial charge in [0.1, 0.15) is 0 Å². The maximum atomic E-state index is 11.8. The van der Waals surface area contributed by atoms with Gasteiger partial charge in [-0.05, 0) is 25.5 Å². The van der Waals surface area contributed by atoms with Gasteiger partial charge in [0.25, 0.3) is 0 Å². The monoisotopic (exact) mass is 243 g/mol. The van der Waals surface area contributed by atoms with Crippen LogP contribution in [0.4, 0.5) is 5.69 Å². The van der Waals surface area contributed by atoms with Crippen LogP contribution in [-0.4, -0.2) is 16.9 Å². The number of aryl methyl sites for hydroxylation is 1. The van der Waals surface area contributed by atoms with Crippen LogP contribution in [0.5, 0.6) is 0 Å². The lowest BCUT2D eigenvalue weighted by atomic mass is 10.1. The third-order valence-electron chi connectivity index (χ3n) is 2.89. The number of rotatable bonds is 3. The molecule has 4 heteroatoms. The van der Waals surface area contributed by atoms with Gasteiger partial charge in [0, 0.05) is 11.1 Å². The highest BCUT2D eigenvalue weighted by Gasteiger charge is 2.12. The van der Waals surface area contributed by atoms with E-state index >= 15 is 0 Å². The van der Waals surface area contributed by atoms with E-state index in [2.05, 4.69) is 10.3 Å². The number of aromatic nitrogens is 1. The first-order chi connectivity index (χ1) is 8.61. The molecule has 0 saturated carbocycles. The normalized spacial score (nSPS) is 12.4. The molecule has 0 aliphatic heterocycles. The van der Waals surface area contributed by atoms with Crippen molar-refractivity contribution in [3.63, 3.8) is 0 Å². The van der Waals surface area contributed by atoms with E-state index in [1.54, 1.807) is 0 Å². The number of nitrogens with zero attached hydrogens (tertiary/aromatic N) is 1. The summed E-state index contributed by atoms with van der Waals surface area (Å²) in [5.74, 6) is -0.173. The first kappa shape index (κ1) is 12.5. The van der Waals surface area contributed by atoms with Crippen LogP contribution in [0, 0.1) is 6.92 Å². The number of carbonyl (C=O) groups is 1. The molecule has 0 fully saturated rings. The second-order valence-corrected chi connectivity index (χ2v) is 4.33. The van der Waals surface area contributed by atoms with Crippen molar-refractivity contribution < 1.29 is 4.79 Å². The molecular formula is C14H17N3O. The summed E-state index contributed by atoms with van der Waals surface area (Å²) < 4.78 is 0. The Kier molecular flexibility index (Phi) is 3.58. The number of carbonyl (C=O) groups excluding carboxylic acids is 1. The quantitative estimate of drug-likeness (QED) is 0.868. The lowest BCUT2D eigenvalue weighted by Gasteiger charge is -2.11. The largest absolute Gasteiger partial charge is 0.323 e. The molecule has 1 aromatic heterocycles. The van der Waals surface area contributed by atoms with Crippen LogP contribution in [-0.2, 0) is 4.79 Å². The third kappa shape index (κ3) is 2.49. The molecule has 18 heavy (non-hydrogen) atoms. The van der Waals surface area contributed by atoms with Crippen molar-refractivity contribution in [2.45, 2.75) is 26.3 Å². The number of amides is 1. The second-order valence-electron chi connectivity index (χ2n) is 4.33. The second kappa shape index (κ2) is 5.14. The van der Waals surface area contributed by atoms with Crippen LogP contribution < -0.4 is 11.1 Å². The molecule has 0 aliphatic rings. The first-order valence-corrected chi connectivity index (χ1v) is 6.04. The molecule has 0 spiro atoms. The average molecular weight is 243 g/mol. The van der Waals surface area contributed by atoms with Gasteiger partial charge in [-0.2, -0.15) is 0 Å². The van der Waals surface area contributed by atoms with Gasteiger partial charge in [0.05, 0.1) is 17.2 Å². The van der Waals surface area contributed by atoms with E-state index in [9.17, 15) is 4.79 Å². The minimum atomic E-state index is -0.481. The molecule has 0 saturated heterocycles. The summed E-state index contributed by atoms with van der Waals surface area (Å²) in [6.45, 7) is 3.81. The van der Waals surface area contributed by atoms with E-state index in [0.717, 1.165) is 16.6 Å². The number of hydrogen-bond acceptors (Lipinski definition) is 3. The number of nitrogens with two attached hydrogens (primary N) is 1.